The molecule has 0 unspecified atom stereocenters. The Morgan fingerprint density at radius 2 is 1.88 bits per heavy atom. The van der Waals surface area contributed by atoms with Crippen molar-refractivity contribution in [2.45, 2.75) is 19.4 Å². The molecular formula is C25H20ClFN4O2. The Hall–Kier alpha value is -3.84. The number of H-pyrrole nitrogens is 1. The van der Waals surface area contributed by atoms with E-state index in [-0.39, 0.29) is 23.3 Å². The van der Waals surface area contributed by atoms with Crippen molar-refractivity contribution < 1.29 is 14.0 Å². The maximum Gasteiger partial charge on any atom is 0.252 e. The normalized spacial score (nSPS) is 11.7. The zero-order chi connectivity index (χ0) is 23.4. The SMILES string of the molecule is CC(=O)[C@@H](Cc1ccccn1)NC(=O)c1cccc(F)c1-c1cc(-c2ccc(Cl)cc2)n[nH]1. The smallest absolute Gasteiger partial charge is 0.252 e. The number of Topliss-reactive ketones (excluding diaryl/α,β-unsaturated/α-hetero) is 1. The van der Waals surface area contributed by atoms with E-state index in [2.05, 4.69) is 20.5 Å². The molecular weight excluding hydrogens is 443 g/mol. The van der Waals surface area contributed by atoms with Crippen LogP contribution in [0.3, 0.4) is 0 Å². The van der Waals surface area contributed by atoms with Crippen LogP contribution in [0.25, 0.3) is 22.5 Å². The highest BCUT2D eigenvalue weighted by atomic mass is 35.5. The van der Waals surface area contributed by atoms with E-state index < -0.39 is 17.8 Å². The fourth-order valence-corrected chi connectivity index (χ4v) is 3.59. The second-order valence-electron chi connectivity index (χ2n) is 7.50. The number of aromatic nitrogens is 3. The van der Waals surface area contributed by atoms with Gasteiger partial charge in [0.1, 0.15) is 5.82 Å². The van der Waals surface area contributed by atoms with E-state index in [0.29, 0.717) is 22.1 Å². The summed E-state index contributed by atoms with van der Waals surface area (Å²) in [7, 11) is 0. The molecule has 4 rings (SSSR count). The zero-order valence-electron chi connectivity index (χ0n) is 17.7. The van der Waals surface area contributed by atoms with E-state index in [4.69, 9.17) is 11.6 Å². The first-order valence-electron chi connectivity index (χ1n) is 10.2. The van der Waals surface area contributed by atoms with Gasteiger partial charge in [-0.15, -0.1) is 0 Å². The van der Waals surface area contributed by atoms with Gasteiger partial charge in [-0.3, -0.25) is 19.7 Å². The average Bonchev–Trinajstić information content (AvgIpc) is 3.29. The van der Waals surface area contributed by atoms with Crippen LogP contribution in [-0.4, -0.2) is 32.9 Å². The summed E-state index contributed by atoms with van der Waals surface area (Å²) in [5.41, 5.74) is 2.53. The lowest BCUT2D eigenvalue weighted by Gasteiger charge is -2.17. The lowest BCUT2D eigenvalue weighted by atomic mass is 10.0. The first-order chi connectivity index (χ1) is 15.9. The molecule has 8 heteroatoms. The van der Waals surface area contributed by atoms with Crippen LogP contribution in [0, 0.1) is 5.82 Å². The van der Waals surface area contributed by atoms with Gasteiger partial charge < -0.3 is 5.32 Å². The van der Waals surface area contributed by atoms with Crippen LogP contribution in [0.5, 0.6) is 0 Å². The van der Waals surface area contributed by atoms with Gasteiger partial charge in [-0.25, -0.2) is 4.39 Å². The van der Waals surface area contributed by atoms with Crippen molar-refractivity contribution in [1.82, 2.24) is 20.5 Å². The average molecular weight is 463 g/mol. The number of hydrogen-bond donors (Lipinski definition) is 2. The molecule has 0 saturated carbocycles. The van der Waals surface area contributed by atoms with Gasteiger partial charge in [0.15, 0.2) is 5.78 Å². The first-order valence-corrected chi connectivity index (χ1v) is 10.6. The standard InChI is InChI=1S/C25H20ClFN4O2/c1-15(32)21(13-18-5-2-3-12-28-18)29-25(33)19-6-4-7-20(27)24(19)23-14-22(30-31-23)16-8-10-17(26)11-9-16/h2-12,14,21H,13H2,1H3,(H,29,33)(H,30,31)/t21-/m1/s1. The van der Waals surface area contributed by atoms with Crippen molar-refractivity contribution in [3.8, 4) is 22.5 Å². The molecule has 0 saturated heterocycles. The second-order valence-corrected chi connectivity index (χ2v) is 7.93. The number of pyridine rings is 1. The van der Waals surface area contributed by atoms with Gasteiger partial charge in [-0.1, -0.05) is 35.9 Å². The Balaban J connectivity index is 1.63. The van der Waals surface area contributed by atoms with E-state index in [1.807, 2.05) is 6.07 Å². The largest absolute Gasteiger partial charge is 0.342 e. The van der Waals surface area contributed by atoms with E-state index >= 15 is 0 Å². The molecule has 33 heavy (non-hydrogen) atoms. The molecule has 0 aliphatic rings. The Labute approximate surface area is 194 Å². The van der Waals surface area contributed by atoms with Crippen LogP contribution in [-0.2, 0) is 11.2 Å². The highest BCUT2D eigenvalue weighted by Crippen LogP contribution is 2.29. The van der Waals surface area contributed by atoms with Gasteiger partial charge >= 0.3 is 0 Å². The molecule has 0 radical (unpaired) electrons. The molecule has 166 valence electrons. The number of amides is 1. The quantitative estimate of drug-likeness (QED) is 0.410. The number of hydrogen-bond acceptors (Lipinski definition) is 4. The monoisotopic (exact) mass is 462 g/mol. The van der Waals surface area contributed by atoms with Crippen molar-refractivity contribution >= 4 is 23.3 Å². The highest BCUT2D eigenvalue weighted by Gasteiger charge is 2.23. The molecule has 0 aliphatic carbocycles. The van der Waals surface area contributed by atoms with Crippen LogP contribution in [0.2, 0.25) is 5.02 Å². The summed E-state index contributed by atoms with van der Waals surface area (Å²) in [6, 6.07) is 17.5. The third-order valence-corrected chi connectivity index (χ3v) is 5.43. The summed E-state index contributed by atoms with van der Waals surface area (Å²) in [5, 5.41) is 10.4. The number of nitrogens with one attached hydrogen (secondary N) is 2. The Bertz CT molecular complexity index is 1290. The van der Waals surface area contributed by atoms with Crippen LogP contribution in [0.1, 0.15) is 23.0 Å². The Morgan fingerprint density at radius 3 is 2.58 bits per heavy atom. The van der Waals surface area contributed by atoms with E-state index in [1.54, 1.807) is 48.7 Å². The number of rotatable bonds is 7. The molecule has 0 fully saturated rings. The minimum atomic E-state index is -0.796. The summed E-state index contributed by atoms with van der Waals surface area (Å²) in [6.07, 6.45) is 1.85. The lowest BCUT2D eigenvalue weighted by molar-refractivity contribution is -0.118. The van der Waals surface area contributed by atoms with Gasteiger partial charge in [0.2, 0.25) is 0 Å². The van der Waals surface area contributed by atoms with Crippen molar-refractivity contribution in [2.75, 3.05) is 0 Å². The highest BCUT2D eigenvalue weighted by molar-refractivity contribution is 6.30. The van der Waals surface area contributed by atoms with Crippen molar-refractivity contribution in [2.24, 2.45) is 0 Å². The fraction of sp³-hybridized carbons (Fsp3) is 0.120. The van der Waals surface area contributed by atoms with Gasteiger partial charge in [0.25, 0.3) is 5.91 Å². The minimum Gasteiger partial charge on any atom is -0.342 e. The number of carbonyl (C=O) groups excluding carboxylic acids is 2. The van der Waals surface area contributed by atoms with E-state index in [0.717, 1.165) is 5.56 Å². The van der Waals surface area contributed by atoms with Crippen molar-refractivity contribution in [3.63, 3.8) is 0 Å². The number of halogens is 2. The van der Waals surface area contributed by atoms with Crippen LogP contribution in [0.4, 0.5) is 4.39 Å². The summed E-state index contributed by atoms with van der Waals surface area (Å²) >= 11 is 5.94. The van der Waals surface area contributed by atoms with Crippen LogP contribution < -0.4 is 5.32 Å². The molecule has 0 spiro atoms. The van der Waals surface area contributed by atoms with Crippen molar-refractivity contribution in [3.05, 3.63) is 95.0 Å². The first kappa shape index (κ1) is 22.4. The summed E-state index contributed by atoms with van der Waals surface area (Å²) in [6.45, 7) is 1.40. The predicted molar refractivity (Wildman–Crippen MR) is 124 cm³/mol. The molecule has 1 atom stereocenters. The number of ketones is 1. The Kier molecular flexibility index (Phi) is 6.60. The van der Waals surface area contributed by atoms with Crippen LogP contribution in [0.15, 0.2) is 72.9 Å². The maximum absolute atomic E-state index is 14.9. The van der Waals surface area contributed by atoms with E-state index in [1.165, 1.54) is 25.1 Å². The van der Waals surface area contributed by atoms with Gasteiger partial charge in [-0.2, -0.15) is 5.10 Å². The topological polar surface area (TPSA) is 87.7 Å². The number of benzene rings is 2. The predicted octanol–water partition coefficient (Wildman–Crippen LogP) is 4.86. The molecule has 2 aromatic carbocycles. The third-order valence-electron chi connectivity index (χ3n) is 5.18. The summed E-state index contributed by atoms with van der Waals surface area (Å²) in [4.78, 5) is 29.5. The molecule has 6 nitrogen and oxygen atoms in total. The summed E-state index contributed by atoms with van der Waals surface area (Å²) in [5.74, 6) is -1.38. The molecule has 2 heterocycles. The fourth-order valence-electron chi connectivity index (χ4n) is 3.47. The van der Waals surface area contributed by atoms with Crippen molar-refractivity contribution in [1.29, 1.82) is 0 Å². The number of nitrogens with zero attached hydrogens (tertiary/aromatic N) is 2. The van der Waals surface area contributed by atoms with Crippen LogP contribution >= 0.6 is 11.6 Å². The lowest BCUT2D eigenvalue weighted by Crippen LogP contribution is -2.41. The van der Waals surface area contributed by atoms with Gasteiger partial charge in [-0.05, 0) is 49.4 Å². The van der Waals surface area contributed by atoms with Gasteiger partial charge in [0, 0.05) is 34.5 Å². The van der Waals surface area contributed by atoms with E-state index in [9.17, 15) is 14.0 Å². The molecule has 4 aromatic rings. The third kappa shape index (κ3) is 5.15. The molecule has 0 aliphatic heterocycles. The molecule has 1 amide bonds. The number of aromatic amines is 1. The zero-order valence-corrected chi connectivity index (χ0v) is 18.4. The Morgan fingerprint density at radius 1 is 1.09 bits per heavy atom. The van der Waals surface area contributed by atoms with Gasteiger partial charge in [0.05, 0.1) is 23.0 Å². The second kappa shape index (κ2) is 9.75. The maximum atomic E-state index is 14.9. The minimum absolute atomic E-state index is 0.0721. The molecule has 0 bridgehead atoms. The number of carbonyl (C=O) groups is 2. The summed E-state index contributed by atoms with van der Waals surface area (Å²) < 4.78 is 14.9. The molecule has 2 N–H and O–H groups in total. The molecule has 2 aromatic heterocycles.